The Labute approximate surface area is 212 Å². The fourth-order valence-corrected chi connectivity index (χ4v) is 3.65. The van der Waals surface area contributed by atoms with Crippen LogP contribution in [0.5, 0.6) is 11.5 Å². The second-order valence-corrected chi connectivity index (χ2v) is 10.3. The monoisotopic (exact) mass is 491 g/mol. The largest absolute Gasteiger partial charge is 0.457 e. The van der Waals surface area contributed by atoms with Gasteiger partial charge < -0.3 is 15.4 Å². The van der Waals surface area contributed by atoms with Crippen molar-refractivity contribution >= 4 is 11.8 Å². The molecule has 7 heteroatoms. The molecule has 1 aromatic heterocycles. The van der Waals surface area contributed by atoms with Gasteiger partial charge in [-0.05, 0) is 93.8 Å². The van der Waals surface area contributed by atoms with E-state index in [1.165, 1.54) is 12.1 Å². The molecule has 1 atom stereocenters. The molecule has 2 amide bonds. The summed E-state index contributed by atoms with van der Waals surface area (Å²) >= 11 is 0. The van der Waals surface area contributed by atoms with Gasteiger partial charge >= 0.3 is 6.03 Å². The van der Waals surface area contributed by atoms with E-state index in [0.29, 0.717) is 23.6 Å². The predicted octanol–water partition coefficient (Wildman–Crippen LogP) is 6.30. The highest BCUT2D eigenvalue weighted by atomic mass is 19.1. The second-order valence-electron chi connectivity index (χ2n) is 10.3. The molecule has 0 bridgehead atoms. The number of Topliss-reactive ketones (excluding diaryl/α,β-unsaturated/α-hetero) is 1. The van der Waals surface area contributed by atoms with Crippen LogP contribution < -0.4 is 15.4 Å². The molecule has 3 aromatic rings. The Morgan fingerprint density at radius 2 is 1.56 bits per heavy atom. The van der Waals surface area contributed by atoms with Crippen LogP contribution in [0.25, 0.3) is 11.3 Å². The number of amides is 2. The van der Waals surface area contributed by atoms with Crippen molar-refractivity contribution in [1.82, 2.24) is 15.6 Å². The molecule has 0 unspecified atom stereocenters. The highest BCUT2D eigenvalue weighted by Crippen LogP contribution is 2.25. The Morgan fingerprint density at radius 1 is 0.944 bits per heavy atom. The average Bonchev–Trinajstić information content (AvgIpc) is 2.79. The van der Waals surface area contributed by atoms with Crippen LogP contribution in [-0.4, -0.2) is 28.4 Å². The SMILES string of the molecule is CC(C)C[C@H](NC(=O)NC(C)(C)C)C(=O)Cc1cccc(-c2ccc(Oc3ccc(F)cc3)cc2)n1. The van der Waals surface area contributed by atoms with Gasteiger partial charge in [-0.2, -0.15) is 0 Å². The summed E-state index contributed by atoms with van der Waals surface area (Å²) in [6.07, 6.45) is 0.665. The first-order valence-corrected chi connectivity index (χ1v) is 12.1. The predicted molar refractivity (Wildman–Crippen MR) is 140 cm³/mol. The van der Waals surface area contributed by atoms with Crippen molar-refractivity contribution in [3.63, 3.8) is 0 Å². The van der Waals surface area contributed by atoms with Crippen molar-refractivity contribution in [1.29, 1.82) is 0 Å². The number of carbonyl (C=O) groups is 2. The van der Waals surface area contributed by atoms with Crippen molar-refractivity contribution in [2.24, 2.45) is 5.92 Å². The summed E-state index contributed by atoms with van der Waals surface area (Å²) in [4.78, 5) is 30.2. The number of ether oxygens (including phenoxy) is 1. The molecule has 0 saturated heterocycles. The van der Waals surface area contributed by atoms with Gasteiger partial charge in [0.2, 0.25) is 0 Å². The first kappa shape index (κ1) is 26.9. The van der Waals surface area contributed by atoms with Gasteiger partial charge in [-0.25, -0.2) is 9.18 Å². The molecule has 190 valence electrons. The summed E-state index contributed by atoms with van der Waals surface area (Å²) in [5.41, 5.74) is 1.84. The molecule has 3 rings (SSSR count). The molecule has 0 radical (unpaired) electrons. The molecule has 0 aliphatic rings. The number of hydrogen-bond donors (Lipinski definition) is 2. The molecular formula is C29H34FN3O3. The minimum Gasteiger partial charge on any atom is -0.457 e. The number of benzene rings is 2. The Bertz CT molecular complexity index is 1170. The van der Waals surface area contributed by atoms with E-state index in [-0.39, 0.29) is 30.0 Å². The number of halogens is 1. The summed E-state index contributed by atoms with van der Waals surface area (Å²) in [6.45, 7) is 9.71. The van der Waals surface area contributed by atoms with Crippen molar-refractivity contribution in [3.8, 4) is 22.8 Å². The number of rotatable bonds is 9. The maximum atomic E-state index is 13.1. The molecule has 1 heterocycles. The number of pyridine rings is 1. The van der Waals surface area contributed by atoms with Gasteiger partial charge in [-0.15, -0.1) is 0 Å². The van der Waals surface area contributed by atoms with E-state index < -0.39 is 11.6 Å². The van der Waals surface area contributed by atoms with Crippen molar-refractivity contribution < 1.29 is 18.7 Å². The van der Waals surface area contributed by atoms with E-state index in [1.54, 1.807) is 12.1 Å². The minimum atomic E-state index is -0.597. The maximum absolute atomic E-state index is 13.1. The van der Waals surface area contributed by atoms with E-state index in [2.05, 4.69) is 15.6 Å². The first-order valence-electron chi connectivity index (χ1n) is 12.1. The van der Waals surface area contributed by atoms with E-state index >= 15 is 0 Å². The Kier molecular flexibility index (Phi) is 8.80. The summed E-state index contributed by atoms with van der Waals surface area (Å²) in [5.74, 6) is 1.00. The summed E-state index contributed by atoms with van der Waals surface area (Å²) in [6, 6.07) is 17.8. The van der Waals surface area contributed by atoms with Crippen molar-refractivity contribution in [2.75, 3.05) is 0 Å². The number of aromatic nitrogens is 1. The molecule has 0 spiro atoms. The topological polar surface area (TPSA) is 80.3 Å². The van der Waals surface area contributed by atoms with E-state index in [9.17, 15) is 14.0 Å². The lowest BCUT2D eigenvalue weighted by molar-refractivity contribution is -0.120. The second kappa shape index (κ2) is 11.8. The highest BCUT2D eigenvalue weighted by molar-refractivity contribution is 5.90. The molecule has 2 aromatic carbocycles. The van der Waals surface area contributed by atoms with Crippen LogP contribution in [0.4, 0.5) is 9.18 Å². The molecule has 0 fully saturated rings. The standard InChI is InChI=1S/C29H34FN3O3/c1-19(2)17-26(32-28(35)33-29(3,4)5)27(34)18-22-7-6-8-25(31-22)20-9-13-23(14-10-20)36-24-15-11-21(30)12-16-24/h6-16,19,26H,17-18H2,1-5H3,(H2,32,33,35)/t26-/m0/s1. The van der Waals surface area contributed by atoms with Gasteiger partial charge in [-0.1, -0.05) is 19.9 Å². The van der Waals surface area contributed by atoms with Crippen LogP contribution in [0, 0.1) is 11.7 Å². The van der Waals surface area contributed by atoms with Gasteiger partial charge in [0.15, 0.2) is 5.78 Å². The third-order valence-corrected chi connectivity index (χ3v) is 5.25. The summed E-state index contributed by atoms with van der Waals surface area (Å²) in [7, 11) is 0. The molecule has 0 saturated carbocycles. The first-order chi connectivity index (χ1) is 17.0. The van der Waals surface area contributed by atoms with Gasteiger partial charge in [0.05, 0.1) is 18.2 Å². The number of nitrogens with one attached hydrogen (secondary N) is 2. The van der Waals surface area contributed by atoms with Crippen LogP contribution >= 0.6 is 0 Å². The number of urea groups is 1. The lowest BCUT2D eigenvalue weighted by Crippen LogP contribution is -2.52. The maximum Gasteiger partial charge on any atom is 0.315 e. The molecule has 2 N–H and O–H groups in total. The van der Waals surface area contributed by atoms with E-state index in [1.807, 2.05) is 77.1 Å². The molecule has 6 nitrogen and oxygen atoms in total. The van der Waals surface area contributed by atoms with Crippen LogP contribution in [0.3, 0.4) is 0 Å². The third-order valence-electron chi connectivity index (χ3n) is 5.25. The van der Waals surface area contributed by atoms with Crippen molar-refractivity contribution in [3.05, 3.63) is 78.2 Å². The summed E-state index contributed by atoms with van der Waals surface area (Å²) < 4.78 is 18.8. The van der Waals surface area contributed by atoms with Crippen molar-refractivity contribution in [2.45, 2.75) is 59.0 Å². The Morgan fingerprint density at radius 3 is 2.14 bits per heavy atom. The number of ketones is 1. The van der Waals surface area contributed by atoms with Crippen LogP contribution in [0.1, 0.15) is 46.7 Å². The number of hydrogen-bond acceptors (Lipinski definition) is 4. The number of carbonyl (C=O) groups excluding carboxylic acids is 2. The lowest BCUT2D eigenvalue weighted by Gasteiger charge is -2.25. The molecule has 0 aliphatic carbocycles. The summed E-state index contributed by atoms with van der Waals surface area (Å²) in [5, 5.41) is 5.69. The zero-order valence-electron chi connectivity index (χ0n) is 21.5. The number of nitrogens with zero attached hydrogens (tertiary/aromatic N) is 1. The van der Waals surface area contributed by atoms with E-state index in [0.717, 1.165) is 11.3 Å². The third kappa shape index (κ3) is 8.48. The molecule has 0 aliphatic heterocycles. The van der Waals surface area contributed by atoms with E-state index in [4.69, 9.17) is 4.74 Å². The highest BCUT2D eigenvalue weighted by Gasteiger charge is 2.24. The van der Waals surface area contributed by atoms with Gasteiger partial charge in [0.1, 0.15) is 17.3 Å². The smallest absolute Gasteiger partial charge is 0.315 e. The Balaban J connectivity index is 1.68. The molecule has 36 heavy (non-hydrogen) atoms. The fourth-order valence-electron chi connectivity index (χ4n) is 3.65. The zero-order chi connectivity index (χ0) is 26.3. The average molecular weight is 492 g/mol. The quantitative estimate of drug-likeness (QED) is 0.368. The fraction of sp³-hybridized carbons (Fsp3) is 0.345. The van der Waals surface area contributed by atoms with Gasteiger partial charge in [0.25, 0.3) is 0 Å². The van der Waals surface area contributed by atoms with Crippen LogP contribution in [-0.2, 0) is 11.2 Å². The van der Waals surface area contributed by atoms with Crippen LogP contribution in [0.2, 0.25) is 0 Å². The Hall–Kier alpha value is -3.74. The minimum absolute atomic E-state index is 0.0829. The van der Waals surface area contributed by atoms with Gasteiger partial charge in [-0.3, -0.25) is 9.78 Å². The zero-order valence-corrected chi connectivity index (χ0v) is 21.5. The normalized spacial score (nSPS) is 12.2. The lowest BCUT2D eigenvalue weighted by atomic mass is 9.97. The molecular weight excluding hydrogens is 457 g/mol. The van der Waals surface area contributed by atoms with Gasteiger partial charge in [0, 0.05) is 16.8 Å². The van der Waals surface area contributed by atoms with Crippen LogP contribution in [0.15, 0.2) is 66.7 Å².